The number of urea groups is 1. The fraction of sp³-hybridized carbons (Fsp3) is 0.636. The molecule has 1 aliphatic heterocycles. The van der Waals surface area contributed by atoms with Gasteiger partial charge in [-0.25, -0.2) is 9.78 Å². The monoisotopic (exact) mass is 270 g/mol. The Morgan fingerprint density at radius 3 is 2.89 bits per heavy atom. The molecule has 6 nitrogen and oxygen atoms in total. The molecule has 0 radical (unpaired) electrons. The zero-order chi connectivity index (χ0) is 13.0. The van der Waals surface area contributed by atoms with Gasteiger partial charge in [-0.3, -0.25) is 0 Å². The standard InChI is InChI=1S/C11H18N4O2S/c1-14-9(8-13-11(14)18-2)7-12-10(16)15-3-5-17-6-4-15/h8H,3-7H2,1-2H3,(H,12,16). The summed E-state index contributed by atoms with van der Waals surface area (Å²) in [5.74, 6) is 0. The predicted molar refractivity (Wildman–Crippen MR) is 69.6 cm³/mol. The lowest BCUT2D eigenvalue weighted by atomic mass is 10.4. The van der Waals surface area contributed by atoms with E-state index in [1.54, 1.807) is 22.9 Å². The second-order valence-corrected chi connectivity index (χ2v) is 4.83. The zero-order valence-corrected chi connectivity index (χ0v) is 11.5. The van der Waals surface area contributed by atoms with E-state index in [4.69, 9.17) is 4.74 Å². The van der Waals surface area contributed by atoms with E-state index in [1.165, 1.54) is 0 Å². The highest BCUT2D eigenvalue weighted by atomic mass is 32.2. The number of hydrogen-bond acceptors (Lipinski definition) is 4. The van der Waals surface area contributed by atoms with Crippen LogP contribution in [0.15, 0.2) is 11.4 Å². The number of carbonyl (C=O) groups excluding carboxylic acids is 1. The zero-order valence-electron chi connectivity index (χ0n) is 10.7. The van der Waals surface area contributed by atoms with Crippen molar-refractivity contribution in [3.05, 3.63) is 11.9 Å². The van der Waals surface area contributed by atoms with E-state index in [9.17, 15) is 4.79 Å². The first-order valence-corrected chi connectivity index (χ1v) is 7.10. The molecule has 0 spiro atoms. The Labute approximate surface area is 111 Å². The van der Waals surface area contributed by atoms with Gasteiger partial charge in [0.1, 0.15) is 0 Å². The summed E-state index contributed by atoms with van der Waals surface area (Å²) < 4.78 is 7.20. The number of imidazole rings is 1. The van der Waals surface area contributed by atoms with Crippen LogP contribution in [0.3, 0.4) is 0 Å². The SMILES string of the molecule is CSc1ncc(CNC(=O)N2CCOCC2)n1C. The summed E-state index contributed by atoms with van der Waals surface area (Å²) in [7, 11) is 1.95. The number of carbonyl (C=O) groups is 1. The van der Waals surface area contributed by atoms with Gasteiger partial charge in [0.25, 0.3) is 0 Å². The molecule has 0 aliphatic carbocycles. The summed E-state index contributed by atoms with van der Waals surface area (Å²) in [4.78, 5) is 17.9. The third-order valence-electron chi connectivity index (χ3n) is 2.94. The minimum Gasteiger partial charge on any atom is -0.378 e. The molecule has 0 saturated carbocycles. The van der Waals surface area contributed by atoms with Crippen LogP contribution in [0, 0.1) is 0 Å². The molecule has 18 heavy (non-hydrogen) atoms. The third-order valence-corrected chi connectivity index (χ3v) is 3.69. The first-order chi connectivity index (χ1) is 8.72. The molecule has 0 atom stereocenters. The lowest BCUT2D eigenvalue weighted by Gasteiger charge is -2.26. The summed E-state index contributed by atoms with van der Waals surface area (Å²) in [5.41, 5.74) is 1.00. The molecule has 2 rings (SSSR count). The Hall–Kier alpha value is -1.21. The van der Waals surface area contributed by atoms with Gasteiger partial charge < -0.3 is 19.5 Å². The van der Waals surface area contributed by atoms with Crippen molar-refractivity contribution in [3.8, 4) is 0 Å². The van der Waals surface area contributed by atoms with Gasteiger partial charge in [0.05, 0.1) is 31.6 Å². The van der Waals surface area contributed by atoms with Gasteiger partial charge in [0, 0.05) is 20.1 Å². The number of aromatic nitrogens is 2. The molecular formula is C11H18N4O2S. The maximum Gasteiger partial charge on any atom is 0.317 e. The van der Waals surface area contributed by atoms with Gasteiger partial charge in [-0.05, 0) is 6.26 Å². The van der Waals surface area contributed by atoms with Crippen molar-refractivity contribution in [1.29, 1.82) is 0 Å². The minimum atomic E-state index is -0.0369. The molecule has 1 saturated heterocycles. The average molecular weight is 270 g/mol. The molecule has 1 aromatic rings. The third kappa shape index (κ3) is 2.97. The largest absolute Gasteiger partial charge is 0.378 e. The Morgan fingerprint density at radius 1 is 1.56 bits per heavy atom. The quantitative estimate of drug-likeness (QED) is 0.821. The highest BCUT2D eigenvalue weighted by Gasteiger charge is 2.16. The number of rotatable bonds is 3. The van der Waals surface area contributed by atoms with Crippen LogP contribution >= 0.6 is 11.8 Å². The number of hydrogen-bond donors (Lipinski definition) is 1. The first kappa shape index (κ1) is 13.2. The van der Waals surface area contributed by atoms with Gasteiger partial charge in [0.15, 0.2) is 5.16 Å². The molecule has 1 aromatic heterocycles. The Morgan fingerprint density at radius 2 is 2.28 bits per heavy atom. The maximum absolute atomic E-state index is 11.9. The molecule has 2 heterocycles. The molecule has 0 bridgehead atoms. The van der Waals surface area contributed by atoms with Gasteiger partial charge in [-0.15, -0.1) is 0 Å². The molecule has 100 valence electrons. The predicted octanol–water partition coefficient (Wildman–Crippen LogP) is 0.684. The normalized spacial score (nSPS) is 15.8. The molecule has 1 fully saturated rings. The van der Waals surface area contributed by atoms with Gasteiger partial charge >= 0.3 is 6.03 Å². The Balaban J connectivity index is 1.86. The van der Waals surface area contributed by atoms with E-state index in [2.05, 4.69) is 10.3 Å². The van der Waals surface area contributed by atoms with E-state index < -0.39 is 0 Å². The van der Waals surface area contributed by atoms with E-state index in [-0.39, 0.29) is 6.03 Å². The van der Waals surface area contributed by atoms with Crippen LogP contribution in [0.1, 0.15) is 5.69 Å². The van der Waals surface area contributed by atoms with E-state index in [0.29, 0.717) is 32.8 Å². The molecule has 7 heteroatoms. The second-order valence-electron chi connectivity index (χ2n) is 4.05. The highest BCUT2D eigenvalue weighted by molar-refractivity contribution is 7.98. The summed E-state index contributed by atoms with van der Waals surface area (Å²) in [6.45, 7) is 3.06. The molecular weight excluding hydrogens is 252 g/mol. The molecule has 1 N–H and O–H groups in total. The second kappa shape index (κ2) is 6.10. The van der Waals surface area contributed by atoms with Crippen LogP contribution in [-0.2, 0) is 18.3 Å². The molecule has 1 aliphatic rings. The van der Waals surface area contributed by atoms with Crippen molar-refractivity contribution < 1.29 is 9.53 Å². The van der Waals surface area contributed by atoms with Crippen molar-refractivity contribution in [2.45, 2.75) is 11.7 Å². The molecule has 0 aromatic carbocycles. The summed E-state index contributed by atoms with van der Waals surface area (Å²) in [6, 6.07) is -0.0369. The lowest BCUT2D eigenvalue weighted by molar-refractivity contribution is 0.0531. The van der Waals surface area contributed by atoms with Gasteiger partial charge in [-0.1, -0.05) is 11.8 Å². The van der Waals surface area contributed by atoms with Crippen LogP contribution in [0.2, 0.25) is 0 Å². The number of thioether (sulfide) groups is 1. The maximum atomic E-state index is 11.9. The summed E-state index contributed by atoms with van der Waals surface area (Å²) in [5, 5.41) is 3.86. The number of morpholine rings is 1. The lowest BCUT2D eigenvalue weighted by Crippen LogP contribution is -2.46. The minimum absolute atomic E-state index is 0.0369. The van der Waals surface area contributed by atoms with Crippen LogP contribution < -0.4 is 5.32 Å². The van der Waals surface area contributed by atoms with E-state index in [1.807, 2.05) is 17.9 Å². The van der Waals surface area contributed by atoms with Crippen LogP contribution in [0.5, 0.6) is 0 Å². The molecule has 0 unspecified atom stereocenters. The van der Waals surface area contributed by atoms with Crippen LogP contribution in [0.25, 0.3) is 0 Å². The van der Waals surface area contributed by atoms with Crippen molar-refractivity contribution in [2.24, 2.45) is 7.05 Å². The molecule has 2 amide bonds. The number of amides is 2. The average Bonchev–Trinajstić information content (AvgIpc) is 2.77. The fourth-order valence-corrected chi connectivity index (χ4v) is 2.37. The van der Waals surface area contributed by atoms with Gasteiger partial charge in [-0.2, -0.15) is 0 Å². The van der Waals surface area contributed by atoms with Crippen molar-refractivity contribution in [3.63, 3.8) is 0 Å². The fourth-order valence-electron chi connectivity index (χ4n) is 1.82. The smallest absolute Gasteiger partial charge is 0.317 e. The van der Waals surface area contributed by atoms with Gasteiger partial charge in [0.2, 0.25) is 0 Å². The van der Waals surface area contributed by atoms with Crippen LogP contribution in [0.4, 0.5) is 4.79 Å². The Bertz CT molecular complexity index is 415. The summed E-state index contributed by atoms with van der Waals surface area (Å²) in [6.07, 6.45) is 3.78. The first-order valence-electron chi connectivity index (χ1n) is 5.87. The van der Waals surface area contributed by atoms with Crippen molar-refractivity contribution in [1.82, 2.24) is 19.8 Å². The number of ether oxygens (including phenoxy) is 1. The topological polar surface area (TPSA) is 59.4 Å². The van der Waals surface area contributed by atoms with Crippen molar-refractivity contribution in [2.75, 3.05) is 32.6 Å². The number of nitrogens with zero attached hydrogens (tertiary/aromatic N) is 3. The summed E-state index contributed by atoms with van der Waals surface area (Å²) >= 11 is 1.59. The van der Waals surface area contributed by atoms with E-state index in [0.717, 1.165) is 10.9 Å². The number of nitrogens with one attached hydrogen (secondary N) is 1. The van der Waals surface area contributed by atoms with Crippen molar-refractivity contribution >= 4 is 17.8 Å². The van der Waals surface area contributed by atoms with E-state index >= 15 is 0 Å². The van der Waals surface area contributed by atoms with Crippen LogP contribution in [-0.4, -0.2) is 53.0 Å². The highest BCUT2D eigenvalue weighted by Crippen LogP contribution is 2.13. The Kier molecular flexibility index (Phi) is 4.48.